The summed E-state index contributed by atoms with van der Waals surface area (Å²) in [6.07, 6.45) is 1.71. The minimum absolute atomic E-state index is 0.197. The van der Waals surface area contributed by atoms with Crippen LogP contribution in [-0.4, -0.2) is 15.1 Å². The lowest BCUT2D eigenvalue weighted by atomic mass is 10.3. The van der Waals surface area contributed by atoms with E-state index in [4.69, 9.17) is 0 Å². The second kappa shape index (κ2) is 5.14. The number of pyridine rings is 2. The quantitative estimate of drug-likeness (QED) is 0.855. The Bertz CT molecular complexity index is 531. The van der Waals surface area contributed by atoms with Crippen molar-refractivity contribution in [2.45, 2.75) is 13.5 Å². The highest BCUT2D eigenvalue weighted by atomic mass is 79.9. The zero-order chi connectivity index (χ0) is 12.3. The second-order valence-corrected chi connectivity index (χ2v) is 4.36. The molecule has 0 amide bonds. The van der Waals surface area contributed by atoms with E-state index in [1.165, 1.54) is 0 Å². The van der Waals surface area contributed by atoms with Crippen LogP contribution < -0.4 is 5.32 Å². The van der Waals surface area contributed by atoms with Crippen LogP contribution in [0.25, 0.3) is 0 Å². The van der Waals surface area contributed by atoms with Crippen LogP contribution in [0.1, 0.15) is 11.4 Å². The Kier molecular flexibility index (Phi) is 3.58. The maximum Gasteiger partial charge on any atom is 0.138 e. The SMILES string of the molecule is Cc1ccc(O)c(CNc2cccnc2Br)n1. The summed E-state index contributed by atoms with van der Waals surface area (Å²) in [5.41, 5.74) is 2.38. The van der Waals surface area contributed by atoms with Gasteiger partial charge in [-0.15, -0.1) is 0 Å². The summed E-state index contributed by atoms with van der Waals surface area (Å²) < 4.78 is 0.743. The fraction of sp³-hybridized carbons (Fsp3) is 0.167. The summed E-state index contributed by atoms with van der Waals surface area (Å²) in [6.45, 7) is 2.35. The Hall–Kier alpha value is -1.62. The van der Waals surface area contributed by atoms with Gasteiger partial charge in [-0.3, -0.25) is 4.98 Å². The molecule has 2 aromatic rings. The molecular weight excluding hydrogens is 282 g/mol. The number of nitrogens with zero attached hydrogens (tertiary/aromatic N) is 2. The zero-order valence-corrected chi connectivity index (χ0v) is 10.9. The number of aromatic hydroxyl groups is 1. The first-order chi connectivity index (χ1) is 8.16. The standard InChI is InChI=1S/C12H12BrN3O/c1-8-4-5-11(17)10(16-8)7-15-9-3-2-6-14-12(9)13/h2-6,15,17H,7H2,1H3. The molecule has 0 bridgehead atoms. The molecule has 2 heterocycles. The van der Waals surface area contributed by atoms with E-state index < -0.39 is 0 Å². The molecule has 0 atom stereocenters. The van der Waals surface area contributed by atoms with Crippen molar-refractivity contribution in [3.63, 3.8) is 0 Å². The van der Waals surface area contributed by atoms with Crippen molar-refractivity contribution < 1.29 is 5.11 Å². The Balaban J connectivity index is 2.12. The highest BCUT2D eigenvalue weighted by Crippen LogP contribution is 2.21. The van der Waals surface area contributed by atoms with Gasteiger partial charge >= 0.3 is 0 Å². The molecule has 2 rings (SSSR count). The van der Waals surface area contributed by atoms with Gasteiger partial charge in [0.1, 0.15) is 16.0 Å². The van der Waals surface area contributed by atoms with Gasteiger partial charge in [-0.25, -0.2) is 4.98 Å². The van der Waals surface area contributed by atoms with Crippen molar-refractivity contribution in [2.24, 2.45) is 0 Å². The third-order valence-corrected chi connectivity index (χ3v) is 2.93. The fourth-order valence-corrected chi connectivity index (χ4v) is 1.82. The number of halogens is 1. The van der Waals surface area contributed by atoms with Crippen molar-refractivity contribution >= 4 is 21.6 Å². The van der Waals surface area contributed by atoms with Crippen LogP contribution in [0.4, 0.5) is 5.69 Å². The first-order valence-electron chi connectivity index (χ1n) is 5.16. The van der Waals surface area contributed by atoms with E-state index in [1.54, 1.807) is 18.3 Å². The zero-order valence-electron chi connectivity index (χ0n) is 9.31. The maximum atomic E-state index is 9.65. The molecule has 88 valence electrons. The first-order valence-corrected chi connectivity index (χ1v) is 5.96. The molecule has 0 aromatic carbocycles. The molecule has 0 aliphatic heterocycles. The summed E-state index contributed by atoms with van der Waals surface area (Å²) in [5, 5.41) is 12.8. The van der Waals surface area contributed by atoms with E-state index in [1.807, 2.05) is 19.1 Å². The lowest BCUT2D eigenvalue weighted by Crippen LogP contribution is -2.03. The average molecular weight is 294 g/mol. The lowest BCUT2D eigenvalue weighted by molar-refractivity contribution is 0.464. The number of anilines is 1. The van der Waals surface area contributed by atoms with Gasteiger partial charge in [0.25, 0.3) is 0 Å². The van der Waals surface area contributed by atoms with Crippen molar-refractivity contribution in [1.29, 1.82) is 0 Å². The van der Waals surface area contributed by atoms with Crippen LogP contribution in [-0.2, 0) is 6.54 Å². The van der Waals surface area contributed by atoms with Gasteiger partial charge in [0.15, 0.2) is 0 Å². The van der Waals surface area contributed by atoms with Gasteiger partial charge in [-0.05, 0) is 47.1 Å². The summed E-state index contributed by atoms with van der Waals surface area (Å²) in [5.74, 6) is 0.197. The molecular formula is C12H12BrN3O. The minimum Gasteiger partial charge on any atom is -0.506 e. The van der Waals surface area contributed by atoms with Crippen LogP contribution in [0.15, 0.2) is 35.1 Å². The van der Waals surface area contributed by atoms with E-state index in [0.29, 0.717) is 12.2 Å². The molecule has 0 spiro atoms. The van der Waals surface area contributed by atoms with E-state index >= 15 is 0 Å². The summed E-state index contributed by atoms with van der Waals surface area (Å²) in [6, 6.07) is 7.18. The minimum atomic E-state index is 0.197. The monoisotopic (exact) mass is 293 g/mol. The Morgan fingerprint density at radius 1 is 1.35 bits per heavy atom. The Morgan fingerprint density at radius 2 is 2.18 bits per heavy atom. The molecule has 0 radical (unpaired) electrons. The van der Waals surface area contributed by atoms with Crippen molar-refractivity contribution in [1.82, 2.24) is 9.97 Å². The van der Waals surface area contributed by atoms with E-state index in [2.05, 4.69) is 31.2 Å². The maximum absolute atomic E-state index is 9.65. The van der Waals surface area contributed by atoms with Gasteiger partial charge in [-0.1, -0.05) is 0 Å². The van der Waals surface area contributed by atoms with Crippen LogP contribution in [0, 0.1) is 6.92 Å². The van der Waals surface area contributed by atoms with Crippen LogP contribution in [0.2, 0.25) is 0 Å². The molecule has 0 unspecified atom stereocenters. The molecule has 5 heteroatoms. The normalized spacial score (nSPS) is 10.2. The number of aryl methyl sites for hydroxylation is 1. The molecule has 0 fully saturated rings. The smallest absolute Gasteiger partial charge is 0.138 e. The van der Waals surface area contributed by atoms with E-state index in [9.17, 15) is 5.11 Å². The molecule has 0 aliphatic carbocycles. The predicted molar refractivity (Wildman–Crippen MR) is 69.9 cm³/mol. The van der Waals surface area contributed by atoms with Crippen LogP contribution >= 0.6 is 15.9 Å². The fourth-order valence-electron chi connectivity index (χ4n) is 1.43. The van der Waals surface area contributed by atoms with Gasteiger partial charge in [0.05, 0.1) is 12.2 Å². The van der Waals surface area contributed by atoms with E-state index in [0.717, 1.165) is 16.0 Å². The molecule has 0 saturated carbocycles. The molecule has 0 saturated heterocycles. The number of rotatable bonds is 3. The number of hydrogen-bond donors (Lipinski definition) is 2. The molecule has 17 heavy (non-hydrogen) atoms. The molecule has 0 aliphatic rings. The molecule has 2 aromatic heterocycles. The first kappa shape index (κ1) is 11.9. The average Bonchev–Trinajstić information content (AvgIpc) is 2.32. The summed E-state index contributed by atoms with van der Waals surface area (Å²) in [7, 11) is 0. The topological polar surface area (TPSA) is 58.0 Å². The van der Waals surface area contributed by atoms with Crippen molar-refractivity contribution in [2.75, 3.05) is 5.32 Å². The number of aromatic nitrogens is 2. The Morgan fingerprint density at radius 3 is 2.94 bits per heavy atom. The van der Waals surface area contributed by atoms with Gasteiger partial charge in [-0.2, -0.15) is 0 Å². The third-order valence-electron chi connectivity index (χ3n) is 2.29. The highest BCUT2D eigenvalue weighted by Gasteiger charge is 2.04. The second-order valence-electron chi connectivity index (χ2n) is 3.61. The Labute approximate surface area is 108 Å². The van der Waals surface area contributed by atoms with Gasteiger partial charge < -0.3 is 10.4 Å². The van der Waals surface area contributed by atoms with Crippen LogP contribution in [0.3, 0.4) is 0 Å². The largest absolute Gasteiger partial charge is 0.506 e. The molecule has 2 N–H and O–H groups in total. The van der Waals surface area contributed by atoms with Crippen molar-refractivity contribution in [3.05, 3.63) is 46.5 Å². The number of hydrogen-bond acceptors (Lipinski definition) is 4. The van der Waals surface area contributed by atoms with Crippen molar-refractivity contribution in [3.8, 4) is 5.75 Å². The van der Waals surface area contributed by atoms with Gasteiger partial charge in [0.2, 0.25) is 0 Å². The third kappa shape index (κ3) is 2.94. The predicted octanol–water partition coefficient (Wildman–Crippen LogP) is 2.87. The lowest BCUT2D eigenvalue weighted by Gasteiger charge is -2.08. The number of nitrogens with one attached hydrogen (secondary N) is 1. The molecule has 4 nitrogen and oxygen atoms in total. The van der Waals surface area contributed by atoms with Crippen LogP contribution in [0.5, 0.6) is 5.75 Å². The highest BCUT2D eigenvalue weighted by molar-refractivity contribution is 9.10. The van der Waals surface area contributed by atoms with Gasteiger partial charge in [0, 0.05) is 11.9 Å². The summed E-state index contributed by atoms with van der Waals surface area (Å²) >= 11 is 3.35. The summed E-state index contributed by atoms with van der Waals surface area (Å²) in [4.78, 5) is 8.37. The van der Waals surface area contributed by atoms with E-state index in [-0.39, 0.29) is 5.75 Å².